The number of tetrazole rings is 1. The molecule has 0 aliphatic carbocycles. The minimum absolute atomic E-state index is 0.190. The summed E-state index contributed by atoms with van der Waals surface area (Å²) in [6.45, 7) is 9.50. The number of carbonyl (C=O) groups excluding carboxylic acids is 1. The highest BCUT2D eigenvalue weighted by Gasteiger charge is 2.26. The van der Waals surface area contributed by atoms with Gasteiger partial charge in [-0.2, -0.15) is 5.21 Å². The van der Waals surface area contributed by atoms with Gasteiger partial charge in [0, 0.05) is 0 Å². The maximum atomic E-state index is 11.8. The molecule has 2 atom stereocenters. The predicted octanol–water partition coefficient (Wildman–Crippen LogP) is 1.81. The summed E-state index contributed by atoms with van der Waals surface area (Å²) in [4.78, 5) is 11.8. The zero-order chi connectivity index (χ0) is 13.8. The van der Waals surface area contributed by atoms with Crippen LogP contribution < -0.4 is 5.32 Å². The Kier molecular flexibility index (Phi) is 4.63. The number of hydrogen-bond donors (Lipinski definition) is 2. The van der Waals surface area contributed by atoms with Crippen LogP contribution >= 0.6 is 0 Å². The van der Waals surface area contributed by atoms with Gasteiger partial charge in [0.25, 0.3) is 0 Å². The number of carbonyl (C=O) groups is 1. The van der Waals surface area contributed by atoms with Crippen molar-refractivity contribution in [3.05, 3.63) is 5.82 Å². The fraction of sp³-hybridized carbons (Fsp3) is 0.818. The molecule has 0 spiro atoms. The van der Waals surface area contributed by atoms with E-state index in [0.717, 1.165) is 6.42 Å². The van der Waals surface area contributed by atoms with E-state index in [1.54, 1.807) is 0 Å². The Labute approximate surface area is 107 Å². The van der Waals surface area contributed by atoms with Crippen molar-refractivity contribution in [2.75, 3.05) is 0 Å². The third kappa shape index (κ3) is 4.31. The van der Waals surface area contributed by atoms with Crippen molar-refractivity contribution < 1.29 is 9.53 Å². The summed E-state index contributed by atoms with van der Waals surface area (Å²) in [7, 11) is 0. The number of rotatable bonds is 4. The van der Waals surface area contributed by atoms with Gasteiger partial charge in [-0.3, -0.25) is 0 Å². The average molecular weight is 255 g/mol. The summed E-state index contributed by atoms with van der Waals surface area (Å²) in [5.41, 5.74) is -0.526. The van der Waals surface area contributed by atoms with Crippen LogP contribution in [0.3, 0.4) is 0 Å². The second kappa shape index (κ2) is 5.79. The number of aromatic amines is 1. The number of hydrogen-bond acceptors (Lipinski definition) is 5. The summed E-state index contributed by atoms with van der Waals surface area (Å²) in [5, 5.41) is 16.5. The van der Waals surface area contributed by atoms with E-state index in [-0.39, 0.29) is 12.0 Å². The van der Waals surface area contributed by atoms with E-state index in [1.807, 2.05) is 34.6 Å². The van der Waals surface area contributed by atoms with Gasteiger partial charge in [-0.1, -0.05) is 25.5 Å². The third-order valence-corrected chi connectivity index (χ3v) is 2.53. The minimum Gasteiger partial charge on any atom is -0.444 e. The van der Waals surface area contributed by atoms with Crippen molar-refractivity contribution in [2.45, 2.75) is 52.7 Å². The fourth-order valence-electron chi connectivity index (χ4n) is 1.43. The van der Waals surface area contributed by atoms with Crippen molar-refractivity contribution in [3.8, 4) is 0 Å². The highest BCUT2D eigenvalue weighted by atomic mass is 16.6. The molecule has 0 saturated carbocycles. The highest BCUT2D eigenvalue weighted by molar-refractivity contribution is 5.68. The van der Waals surface area contributed by atoms with Gasteiger partial charge in [-0.05, 0) is 26.7 Å². The first-order chi connectivity index (χ1) is 8.33. The lowest BCUT2D eigenvalue weighted by Gasteiger charge is -2.24. The molecule has 0 fully saturated rings. The lowest BCUT2D eigenvalue weighted by Crippen LogP contribution is -2.37. The number of H-pyrrole nitrogens is 1. The summed E-state index contributed by atoms with van der Waals surface area (Å²) >= 11 is 0. The zero-order valence-electron chi connectivity index (χ0n) is 11.5. The van der Waals surface area contributed by atoms with E-state index in [4.69, 9.17) is 4.74 Å². The lowest BCUT2D eigenvalue weighted by molar-refractivity contribution is 0.0483. The highest BCUT2D eigenvalue weighted by Crippen LogP contribution is 2.21. The zero-order valence-corrected chi connectivity index (χ0v) is 11.5. The molecule has 1 aromatic heterocycles. The van der Waals surface area contributed by atoms with E-state index < -0.39 is 11.7 Å². The molecule has 18 heavy (non-hydrogen) atoms. The molecule has 0 radical (unpaired) electrons. The quantitative estimate of drug-likeness (QED) is 0.855. The largest absolute Gasteiger partial charge is 0.444 e. The Bertz CT molecular complexity index is 371. The van der Waals surface area contributed by atoms with Crippen LogP contribution in [0.1, 0.15) is 52.9 Å². The predicted molar refractivity (Wildman–Crippen MR) is 65.7 cm³/mol. The maximum Gasteiger partial charge on any atom is 0.408 e. The molecule has 2 unspecified atom stereocenters. The van der Waals surface area contributed by atoms with Crippen LogP contribution in [-0.4, -0.2) is 32.3 Å². The van der Waals surface area contributed by atoms with Crippen LogP contribution in [0.2, 0.25) is 0 Å². The number of ether oxygens (including phenoxy) is 1. The van der Waals surface area contributed by atoms with Crippen LogP contribution in [0, 0.1) is 5.92 Å². The average Bonchev–Trinajstić information content (AvgIpc) is 2.75. The van der Waals surface area contributed by atoms with Crippen molar-refractivity contribution >= 4 is 6.09 Å². The summed E-state index contributed by atoms with van der Waals surface area (Å²) < 4.78 is 5.22. The Balaban J connectivity index is 2.71. The van der Waals surface area contributed by atoms with E-state index in [0.29, 0.717) is 5.82 Å². The van der Waals surface area contributed by atoms with Gasteiger partial charge in [0.2, 0.25) is 0 Å². The van der Waals surface area contributed by atoms with E-state index in [9.17, 15) is 4.79 Å². The molecule has 0 aliphatic heterocycles. The molecular formula is C11H21N5O2. The van der Waals surface area contributed by atoms with Crippen LogP contribution in [0.15, 0.2) is 0 Å². The monoisotopic (exact) mass is 255 g/mol. The van der Waals surface area contributed by atoms with Gasteiger partial charge in [0.1, 0.15) is 5.60 Å². The third-order valence-electron chi connectivity index (χ3n) is 2.53. The van der Waals surface area contributed by atoms with Gasteiger partial charge in [-0.15, -0.1) is 10.2 Å². The van der Waals surface area contributed by atoms with Gasteiger partial charge < -0.3 is 10.1 Å². The second-order valence-electron chi connectivity index (χ2n) is 5.28. The normalized spacial score (nSPS) is 14.9. The smallest absolute Gasteiger partial charge is 0.408 e. The fourth-order valence-corrected chi connectivity index (χ4v) is 1.43. The molecule has 1 amide bonds. The number of nitrogens with one attached hydrogen (secondary N) is 2. The van der Waals surface area contributed by atoms with Crippen LogP contribution in [0.4, 0.5) is 4.79 Å². The van der Waals surface area contributed by atoms with Crippen molar-refractivity contribution in [2.24, 2.45) is 5.92 Å². The molecule has 0 aromatic carbocycles. The first-order valence-corrected chi connectivity index (χ1v) is 6.06. The van der Waals surface area contributed by atoms with Crippen molar-refractivity contribution in [1.82, 2.24) is 25.9 Å². The molecule has 0 saturated heterocycles. The van der Waals surface area contributed by atoms with E-state index in [2.05, 4.69) is 25.9 Å². The van der Waals surface area contributed by atoms with E-state index >= 15 is 0 Å². The summed E-state index contributed by atoms with van der Waals surface area (Å²) in [6, 6.07) is -0.302. The Morgan fingerprint density at radius 1 is 1.50 bits per heavy atom. The molecule has 2 N–H and O–H groups in total. The van der Waals surface area contributed by atoms with Gasteiger partial charge in [0.15, 0.2) is 5.82 Å². The van der Waals surface area contributed by atoms with Crippen molar-refractivity contribution in [1.29, 1.82) is 0 Å². The topological polar surface area (TPSA) is 92.8 Å². The lowest BCUT2D eigenvalue weighted by atomic mass is 9.99. The molecule has 102 valence electrons. The van der Waals surface area contributed by atoms with Crippen LogP contribution in [0.25, 0.3) is 0 Å². The Morgan fingerprint density at radius 3 is 2.61 bits per heavy atom. The second-order valence-corrected chi connectivity index (χ2v) is 5.28. The molecule has 1 heterocycles. The van der Waals surface area contributed by atoms with Gasteiger partial charge in [0.05, 0.1) is 6.04 Å². The molecule has 1 aromatic rings. The van der Waals surface area contributed by atoms with Gasteiger partial charge in [-0.25, -0.2) is 4.79 Å². The molecule has 0 bridgehead atoms. The Hall–Kier alpha value is -1.66. The summed E-state index contributed by atoms with van der Waals surface area (Å²) in [5.74, 6) is 0.658. The van der Waals surface area contributed by atoms with Crippen LogP contribution in [-0.2, 0) is 4.74 Å². The molecule has 7 nitrogen and oxygen atoms in total. The number of amides is 1. The number of alkyl carbamates (subject to hydrolysis) is 1. The maximum absolute atomic E-state index is 11.8. The molecule has 0 aliphatic rings. The number of aromatic nitrogens is 4. The molecule has 1 rings (SSSR count). The first-order valence-electron chi connectivity index (χ1n) is 6.06. The van der Waals surface area contributed by atoms with Gasteiger partial charge >= 0.3 is 6.09 Å². The molecule has 7 heteroatoms. The molecular weight excluding hydrogens is 234 g/mol. The SMILES string of the molecule is CCC(C)C(NC(=O)OC(C)(C)C)c1nn[nH]n1. The Morgan fingerprint density at radius 2 is 2.17 bits per heavy atom. The first kappa shape index (κ1) is 14.4. The van der Waals surface area contributed by atoms with Crippen molar-refractivity contribution in [3.63, 3.8) is 0 Å². The summed E-state index contributed by atoms with van der Waals surface area (Å²) in [6.07, 6.45) is 0.409. The minimum atomic E-state index is -0.526. The number of nitrogens with zero attached hydrogens (tertiary/aromatic N) is 3. The standard InChI is InChI=1S/C11H21N5O2/c1-6-7(2)8(9-13-15-16-14-9)12-10(17)18-11(3,4)5/h7-8H,6H2,1-5H3,(H,12,17)(H,13,14,15,16). The van der Waals surface area contributed by atoms with Crippen LogP contribution in [0.5, 0.6) is 0 Å². The van der Waals surface area contributed by atoms with E-state index in [1.165, 1.54) is 0 Å².